The molecule has 4 atom stereocenters. The van der Waals surface area contributed by atoms with Crippen molar-refractivity contribution in [2.75, 3.05) is 19.7 Å². The van der Waals surface area contributed by atoms with Gasteiger partial charge in [-0.05, 0) is 6.92 Å². The van der Waals surface area contributed by atoms with Crippen molar-refractivity contribution in [3.63, 3.8) is 0 Å². The van der Waals surface area contributed by atoms with Crippen LogP contribution in [-0.2, 0) is 33.3 Å². The molecule has 1 rings (SSSR count). The monoisotopic (exact) mass is 426 g/mol. The molecule has 28 heavy (non-hydrogen) atoms. The molecule has 9 nitrogen and oxygen atoms in total. The highest BCUT2D eigenvalue weighted by molar-refractivity contribution is 8.14. The summed E-state index contributed by atoms with van der Waals surface area (Å²) < 4.78 is 45.7. The first-order chi connectivity index (χ1) is 13.1. The highest BCUT2D eigenvalue weighted by atomic mass is 32.2. The summed E-state index contributed by atoms with van der Waals surface area (Å²) in [5, 5.41) is 2.77. The Morgan fingerprint density at radius 3 is 2.36 bits per heavy atom. The molecule has 1 aliphatic rings. The van der Waals surface area contributed by atoms with Crippen LogP contribution in [-0.4, -0.2) is 72.9 Å². The molecule has 1 aliphatic heterocycles. The van der Waals surface area contributed by atoms with Crippen molar-refractivity contribution in [1.29, 1.82) is 0 Å². The van der Waals surface area contributed by atoms with Gasteiger partial charge in [0.1, 0.15) is 24.3 Å². The molecule has 0 aliphatic carbocycles. The molecule has 0 spiro atoms. The van der Waals surface area contributed by atoms with Gasteiger partial charge in [0.25, 0.3) is 6.43 Å². The number of carbonyl (C=O) groups is 3. The second-order valence-corrected chi connectivity index (χ2v) is 6.98. The number of thioether (sulfide) groups is 1. The van der Waals surface area contributed by atoms with Crippen molar-refractivity contribution in [3.05, 3.63) is 0 Å². The number of nitrogens with zero attached hydrogens (tertiary/aromatic N) is 1. The van der Waals surface area contributed by atoms with Crippen LogP contribution in [0.1, 0.15) is 27.7 Å². The number of nitrogens with one attached hydrogen (secondary N) is 1. The van der Waals surface area contributed by atoms with E-state index in [2.05, 4.69) is 10.3 Å². The van der Waals surface area contributed by atoms with E-state index >= 15 is 0 Å². The van der Waals surface area contributed by atoms with Gasteiger partial charge in [-0.25, -0.2) is 8.78 Å². The number of esters is 3. The van der Waals surface area contributed by atoms with Gasteiger partial charge in [0, 0.05) is 20.8 Å². The molecule has 160 valence electrons. The number of amidine groups is 1. The third-order valence-electron chi connectivity index (χ3n) is 3.30. The lowest BCUT2D eigenvalue weighted by atomic mass is 10.1. The number of hydrogen-bond acceptors (Lipinski definition) is 10. The van der Waals surface area contributed by atoms with Crippen molar-refractivity contribution in [2.24, 2.45) is 4.99 Å². The second-order valence-electron chi connectivity index (χ2n) is 5.83. The fraction of sp³-hybridized carbons (Fsp3) is 0.750. The number of rotatable bonds is 10. The highest BCUT2D eigenvalue weighted by Crippen LogP contribution is 2.25. The lowest BCUT2D eigenvalue weighted by Gasteiger charge is -2.31. The van der Waals surface area contributed by atoms with Gasteiger partial charge in [-0.2, -0.15) is 0 Å². The fourth-order valence-corrected chi connectivity index (χ4v) is 3.20. The summed E-state index contributed by atoms with van der Waals surface area (Å²) in [4.78, 5) is 38.0. The maximum Gasteiger partial charge on any atom is 0.303 e. The first-order valence-corrected chi connectivity index (χ1v) is 9.32. The summed E-state index contributed by atoms with van der Waals surface area (Å²) >= 11 is 1.07. The van der Waals surface area contributed by atoms with Crippen LogP contribution < -0.4 is 5.32 Å². The topological polar surface area (TPSA) is 113 Å². The molecular weight excluding hydrogens is 402 g/mol. The minimum Gasteiger partial charge on any atom is -0.463 e. The minimum atomic E-state index is -2.53. The molecule has 12 heteroatoms. The molecule has 0 saturated carbocycles. The van der Waals surface area contributed by atoms with Gasteiger partial charge < -0.3 is 24.3 Å². The fourth-order valence-electron chi connectivity index (χ4n) is 2.29. The van der Waals surface area contributed by atoms with E-state index < -0.39 is 54.6 Å². The second kappa shape index (κ2) is 11.8. The Morgan fingerprint density at radius 1 is 1.18 bits per heavy atom. The van der Waals surface area contributed by atoms with Gasteiger partial charge in [-0.15, -0.1) is 0 Å². The van der Waals surface area contributed by atoms with Gasteiger partial charge in [-0.3, -0.25) is 19.4 Å². The maximum absolute atomic E-state index is 12.3. The summed E-state index contributed by atoms with van der Waals surface area (Å²) in [5.41, 5.74) is -0.594. The molecule has 0 fully saturated rings. The number of aliphatic imine (C=N–C) groups is 1. The standard InChI is InChI=1S/C16H24F2N2O7S/c1-8(25-10(3)22)15(26-11(4)23)12(7-24-9(2)21)27-14-6-20-16(28-14)19-5-13(17)18/h8,12-15H,5-7H2,1-4H3,(H,19,20)/t8-,12-,14?,15+/m1/s1. The largest absolute Gasteiger partial charge is 0.463 e. The minimum absolute atomic E-state index is 0.154. The van der Waals surface area contributed by atoms with E-state index in [9.17, 15) is 23.2 Å². The molecule has 0 bridgehead atoms. The number of carbonyl (C=O) groups excluding carboxylic acids is 3. The quantitative estimate of drug-likeness (QED) is 0.405. The number of hydrogen-bond donors (Lipinski definition) is 1. The van der Waals surface area contributed by atoms with E-state index in [4.69, 9.17) is 18.9 Å². The van der Waals surface area contributed by atoms with Gasteiger partial charge in [0.2, 0.25) is 0 Å². The molecular formula is C16H24F2N2O7S. The molecule has 0 amide bonds. The summed E-state index contributed by atoms with van der Waals surface area (Å²) in [6.45, 7) is 4.42. The summed E-state index contributed by atoms with van der Waals surface area (Å²) in [6, 6.07) is 0. The molecule has 0 aromatic heterocycles. The van der Waals surface area contributed by atoms with E-state index in [0.29, 0.717) is 0 Å². The number of halogens is 2. The van der Waals surface area contributed by atoms with Crippen molar-refractivity contribution in [1.82, 2.24) is 5.32 Å². The van der Waals surface area contributed by atoms with Gasteiger partial charge in [0.15, 0.2) is 11.3 Å². The van der Waals surface area contributed by atoms with Crippen LogP contribution in [0, 0.1) is 0 Å². The zero-order valence-electron chi connectivity index (χ0n) is 16.0. The van der Waals surface area contributed by atoms with Crippen molar-refractivity contribution >= 4 is 34.8 Å². The lowest BCUT2D eigenvalue weighted by Crippen LogP contribution is -2.46. The Balaban J connectivity index is 2.82. The Bertz CT molecular complexity index is 591. The van der Waals surface area contributed by atoms with Crippen LogP contribution >= 0.6 is 11.8 Å². The normalized spacial score (nSPS) is 19.4. The Kier molecular flexibility index (Phi) is 10.1. The first kappa shape index (κ1) is 24.1. The molecule has 1 N–H and O–H groups in total. The van der Waals surface area contributed by atoms with Crippen LogP contribution in [0.4, 0.5) is 8.78 Å². The Labute approximate surface area is 165 Å². The predicted molar refractivity (Wildman–Crippen MR) is 96.0 cm³/mol. The molecule has 0 aromatic carbocycles. The maximum atomic E-state index is 12.3. The van der Waals surface area contributed by atoms with Crippen molar-refractivity contribution in [2.45, 2.75) is 57.9 Å². The van der Waals surface area contributed by atoms with Crippen LogP contribution in [0.2, 0.25) is 0 Å². The molecule has 0 radical (unpaired) electrons. The number of alkyl halides is 2. The average Bonchev–Trinajstić information content (AvgIpc) is 3.01. The van der Waals surface area contributed by atoms with Crippen molar-refractivity contribution < 1.29 is 42.1 Å². The zero-order valence-corrected chi connectivity index (χ0v) is 16.8. The first-order valence-electron chi connectivity index (χ1n) is 8.44. The van der Waals surface area contributed by atoms with Crippen LogP contribution in [0.5, 0.6) is 0 Å². The molecule has 0 saturated heterocycles. The lowest BCUT2D eigenvalue weighted by molar-refractivity contribution is -0.184. The third kappa shape index (κ3) is 9.31. The van der Waals surface area contributed by atoms with Crippen molar-refractivity contribution in [3.8, 4) is 0 Å². The van der Waals surface area contributed by atoms with Crippen LogP contribution in [0.25, 0.3) is 0 Å². The summed E-state index contributed by atoms with van der Waals surface area (Å²) in [6.07, 6.45) is -5.44. The van der Waals surface area contributed by atoms with Crippen LogP contribution in [0.3, 0.4) is 0 Å². The molecule has 1 heterocycles. The highest BCUT2D eigenvalue weighted by Gasteiger charge is 2.36. The van der Waals surface area contributed by atoms with Gasteiger partial charge in [-0.1, -0.05) is 11.8 Å². The molecule has 1 unspecified atom stereocenters. The van der Waals surface area contributed by atoms with E-state index in [1.165, 1.54) is 27.7 Å². The van der Waals surface area contributed by atoms with Gasteiger partial charge >= 0.3 is 17.9 Å². The smallest absolute Gasteiger partial charge is 0.303 e. The summed E-state index contributed by atoms with van der Waals surface area (Å²) in [5.74, 6) is -1.81. The van der Waals surface area contributed by atoms with E-state index in [1.54, 1.807) is 0 Å². The zero-order chi connectivity index (χ0) is 21.3. The van der Waals surface area contributed by atoms with E-state index in [-0.39, 0.29) is 18.3 Å². The van der Waals surface area contributed by atoms with E-state index in [0.717, 1.165) is 11.8 Å². The SMILES string of the molecule is CC(=O)OC[C@@H](OC1CN=C(NCC(F)F)S1)[C@@H](OC(C)=O)[C@@H](C)OC(C)=O. The van der Waals surface area contributed by atoms with Crippen LogP contribution in [0.15, 0.2) is 4.99 Å². The molecule has 0 aromatic rings. The average molecular weight is 426 g/mol. The number of ether oxygens (including phenoxy) is 4. The van der Waals surface area contributed by atoms with Gasteiger partial charge in [0.05, 0.1) is 13.1 Å². The third-order valence-corrected chi connectivity index (χ3v) is 4.31. The summed E-state index contributed by atoms with van der Waals surface area (Å²) in [7, 11) is 0. The predicted octanol–water partition coefficient (Wildman–Crippen LogP) is 1.10. The Morgan fingerprint density at radius 2 is 1.82 bits per heavy atom. The van der Waals surface area contributed by atoms with E-state index in [1.807, 2.05) is 0 Å². The Hall–Kier alpha value is -1.95.